The molecule has 13 heteroatoms. The number of H-pyrrole nitrogens is 2. The molecule has 2 aromatic carbocycles. The lowest BCUT2D eigenvalue weighted by molar-refractivity contribution is 0.100. The van der Waals surface area contributed by atoms with E-state index in [1.165, 1.54) is 12.1 Å². The first-order valence-corrected chi connectivity index (χ1v) is 9.82. The summed E-state index contributed by atoms with van der Waals surface area (Å²) >= 11 is 12.5. The van der Waals surface area contributed by atoms with Gasteiger partial charge in [0.05, 0.1) is 0 Å². The highest BCUT2D eigenvalue weighted by Gasteiger charge is 2.15. The van der Waals surface area contributed by atoms with Gasteiger partial charge in [0.1, 0.15) is 5.82 Å². The topological polar surface area (TPSA) is 164 Å². The zero-order chi connectivity index (χ0) is 22.8. The zero-order valence-electron chi connectivity index (χ0n) is 16.1. The fraction of sp³-hybridized carbons (Fsp3) is 0.0526. The van der Waals surface area contributed by atoms with Gasteiger partial charge in [-0.15, -0.1) is 0 Å². The number of nitrogens with zero attached hydrogens (tertiary/aromatic N) is 4. The van der Waals surface area contributed by atoms with E-state index < -0.39 is 17.3 Å². The van der Waals surface area contributed by atoms with E-state index in [0.29, 0.717) is 26.9 Å². The number of nitrogens with one attached hydrogen (secondary N) is 3. The minimum Gasteiger partial charge on any atom is -0.366 e. The quantitative estimate of drug-likeness (QED) is 0.331. The molecule has 0 saturated heterocycles. The van der Waals surface area contributed by atoms with E-state index in [4.69, 9.17) is 28.9 Å². The van der Waals surface area contributed by atoms with Gasteiger partial charge in [-0.05, 0) is 42.0 Å². The first kappa shape index (κ1) is 21.3. The molecule has 0 spiro atoms. The number of rotatable bonds is 6. The van der Waals surface area contributed by atoms with Crippen LogP contribution < -0.4 is 22.4 Å². The molecule has 0 unspecified atom stereocenters. The lowest BCUT2D eigenvalue weighted by Crippen LogP contribution is -2.20. The van der Waals surface area contributed by atoms with Crippen LogP contribution in [0.5, 0.6) is 0 Å². The molecule has 2 aromatic heterocycles. The number of nitrogens with two attached hydrogens (primary N) is 1. The van der Waals surface area contributed by atoms with Crippen LogP contribution in [0.25, 0.3) is 5.95 Å². The first-order chi connectivity index (χ1) is 15.3. The Balaban J connectivity index is 1.76. The van der Waals surface area contributed by atoms with Gasteiger partial charge in [0.2, 0.25) is 11.9 Å². The molecule has 0 aliphatic carbocycles. The van der Waals surface area contributed by atoms with Crippen molar-refractivity contribution in [1.29, 1.82) is 0 Å². The molecule has 162 valence electrons. The molecule has 32 heavy (non-hydrogen) atoms. The van der Waals surface area contributed by atoms with Crippen molar-refractivity contribution in [3.8, 4) is 5.95 Å². The minimum atomic E-state index is -0.750. The molecule has 4 aromatic rings. The predicted octanol–water partition coefficient (Wildman–Crippen LogP) is 1.78. The molecular weight excluding hydrogens is 459 g/mol. The first-order valence-electron chi connectivity index (χ1n) is 9.06. The molecule has 0 radical (unpaired) electrons. The van der Waals surface area contributed by atoms with Crippen LogP contribution in [0.2, 0.25) is 10.0 Å². The van der Waals surface area contributed by atoms with Gasteiger partial charge in [0, 0.05) is 27.7 Å². The Hall–Kier alpha value is -3.96. The average Bonchev–Trinajstić information content (AvgIpc) is 3.09. The molecular formula is C19H14Cl2N8O3. The summed E-state index contributed by atoms with van der Waals surface area (Å²) in [6.07, 6.45) is 0.132. The molecule has 0 aliphatic heterocycles. The maximum Gasteiger partial charge on any atom is 0.351 e. The molecule has 1 amide bonds. The van der Waals surface area contributed by atoms with Crippen molar-refractivity contribution in [2.45, 2.75) is 6.42 Å². The lowest BCUT2D eigenvalue weighted by Gasteiger charge is -2.10. The van der Waals surface area contributed by atoms with E-state index in [9.17, 15) is 14.4 Å². The lowest BCUT2D eigenvalue weighted by atomic mass is 10.1. The highest BCUT2D eigenvalue weighted by Crippen LogP contribution is 2.26. The third kappa shape index (κ3) is 4.53. The third-order valence-corrected chi connectivity index (χ3v) is 5.04. The van der Waals surface area contributed by atoms with Crippen LogP contribution in [-0.2, 0) is 6.42 Å². The summed E-state index contributed by atoms with van der Waals surface area (Å²) in [4.78, 5) is 49.7. The smallest absolute Gasteiger partial charge is 0.351 e. The second kappa shape index (κ2) is 8.65. The standard InChI is InChI=1S/C19H14Cl2N8O3/c20-12-2-1-3-13(21)11(12)8-14-24-16(23-10-6-4-9(5-7-10)15(22)30)26-17(25-14)29-19(32)27-18(31)28-29/h1-7H,8H2,(H2,22,30)(H,23,24,25,26)(H2,27,28,31,32). The Morgan fingerprint density at radius 3 is 2.31 bits per heavy atom. The number of hydrogen-bond donors (Lipinski definition) is 4. The number of carbonyl (C=O) groups is 1. The number of benzene rings is 2. The van der Waals surface area contributed by atoms with Crippen LogP contribution in [0.4, 0.5) is 11.6 Å². The predicted molar refractivity (Wildman–Crippen MR) is 118 cm³/mol. The largest absolute Gasteiger partial charge is 0.366 e. The van der Waals surface area contributed by atoms with E-state index in [-0.39, 0.29) is 24.1 Å². The van der Waals surface area contributed by atoms with Gasteiger partial charge >= 0.3 is 11.4 Å². The summed E-state index contributed by atoms with van der Waals surface area (Å²) in [5.74, 6) is -0.379. The summed E-state index contributed by atoms with van der Waals surface area (Å²) in [5.41, 5.74) is 5.25. The summed E-state index contributed by atoms with van der Waals surface area (Å²) in [5, 5.41) is 6.10. The van der Waals surface area contributed by atoms with Crippen LogP contribution in [-0.4, -0.2) is 35.6 Å². The molecule has 4 rings (SSSR count). The van der Waals surface area contributed by atoms with Crippen molar-refractivity contribution < 1.29 is 4.79 Å². The van der Waals surface area contributed by atoms with Gasteiger partial charge in [-0.2, -0.15) is 19.6 Å². The summed E-state index contributed by atoms with van der Waals surface area (Å²) in [6.45, 7) is 0. The van der Waals surface area contributed by atoms with Crippen molar-refractivity contribution in [2.75, 3.05) is 5.32 Å². The van der Waals surface area contributed by atoms with Gasteiger partial charge in [0.25, 0.3) is 5.95 Å². The van der Waals surface area contributed by atoms with Gasteiger partial charge in [-0.3, -0.25) is 9.78 Å². The van der Waals surface area contributed by atoms with Crippen LogP contribution in [0.15, 0.2) is 52.1 Å². The number of primary amides is 1. The van der Waals surface area contributed by atoms with Crippen LogP contribution >= 0.6 is 23.2 Å². The number of aromatic nitrogens is 6. The molecule has 5 N–H and O–H groups in total. The SMILES string of the molecule is NC(=O)c1ccc(Nc2nc(Cc3c(Cl)cccc3Cl)nc(-n3[nH]c(=O)[nH]c3=O)n2)cc1. The highest BCUT2D eigenvalue weighted by molar-refractivity contribution is 6.36. The van der Waals surface area contributed by atoms with Crippen molar-refractivity contribution in [2.24, 2.45) is 5.73 Å². The Morgan fingerprint density at radius 1 is 1.03 bits per heavy atom. The molecule has 11 nitrogen and oxygen atoms in total. The fourth-order valence-corrected chi connectivity index (χ4v) is 3.35. The van der Waals surface area contributed by atoms with E-state index in [0.717, 1.165) is 4.68 Å². The van der Waals surface area contributed by atoms with E-state index >= 15 is 0 Å². The van der Waals surface area contributed by atoms with E-state index in [1.807, 2.05) is 0 Å². The van der Waals surface area contributed by atoms with Crippen LogP contribution in [0, 0.1) is 0 Å². The molecule has 0 fully saturated rings. The van der Waals surface area contributed by atoms with Crippen molar-refractivity contribution in [3.05, 3.63) is 90.4 Å². The molecule has 2 heterocycles. The number of carbonyl (C=O) groups excluding carboxylic acids is 1. The van der Waals surface area contributed by atoms with Gasteiger partial charge in [-0.25, -0.2) is 14.7 Å². The normalized spacial score (nSPS) is 10.8. The molecule has 0 aliphatic rings. The van der Waals surface area contributed by atoms with Crippen LogP contribution in [0.1, 0.15) is 21.7 Å². The van der Waals surface area contributed by atoms with Crippen molar-refractivity contribution in [3.63, 3.8) is 0 Å². The summed E-state index contributed by atoms with van der Waals surface area (Å²) in [7, 11) is 0. The number of anilines is 2. The third-order valence-electron chi connectivity index (χ3n) is 4.33. The van der Waals surface area contributed by atoms with Gasteiger partial charge < -0.3 is 11.1 Å². The zero-order valence-corrected chi connectivity index (χ0v) is 17.6. The van der Waals surface area contributed by atoms with E-state index in [1.54, 1.807) is 30.3 Å². The number of amides is 1. The van der Waals surface area contributed by atoms with Gasteiger partial charge in [0.15, 0.2) is 0 Å². The molecule has 0 bridgehead atoms. The fourth-order valence-electron chi connectivity index (χ4n) is 2.82. The second-order valence-corrected chi connectivity index (χ2v) is 7.34. The Kier molecular flexibility index (Phi) is 5.75. The highest BCUT2D eigenvalue weighted by atomic mass is 35.5. The monoisotopic (exact) mass is 472 g/mol. The Bertz CT molecular complexity index is 1410. The van der Waals surface area contributed by atoms with Crippen molar-refractivity contribution >= 4 is 40.7 Å². The maximum atomic E-state index is 12.1. The number of hydrogen-bond acceptors (Lipinski definition) is 7. The average molecular weight is 473 g/mol. The molecule has 0 saturated carbocycles. The Morgan fingerprint density at radius 2 is 1.72 bits per heavy atom. The second-order valence-electron chi connectivity index (χ2n) is 6.53. The number of aromatic amines is 2. The Labute approximate surface area is 189 Å². The van der Waals surface area contributed by atoms with Crippen LogP contribution in [0.3, 0.4) is 0 Å². The van der Waals surface area contributed by atoms with E-state index in [2.05, 4.69) is 30.4 Å². The summed E-state index contributed by atoms with van der Waals surface area (Å²) < 4.78 is 0.850. The maximum absolute atomic E-state index is 12.1. The summed E-state index contributed by atoms with van der Waals surface area (Å²) in [6, 6.07) is 11.4. The van der Waals surface area contributed by atoms with Gasteiger partial charge in [-0.1, -0.05) is 29.3 Å². The molecule has 0 atom stereocenters. The number of halogens is 2. The van der Waals surface area contributed by atoms with Crippen molar-refractivity contribution in [1.82, 2.24) is 29.7 Å². The minimum absolute atomic E-state index is 0.0777.